The number of nitrogens with zero attached hydrogens (tertiary/aromatic N) is 3. The predicted octanol–water partition coefficient (Wildman–Crippen LogP) is 2.66. The summed E-state index contributed by atoms with van der Waals surface area (Å²) in [5.74, 6) is 0.464. The van der Waals surface area contributed by atoms with Crippen LogP contribution < -0.4 is 10.1 Å². The number of ether oxygens (including phenoxy) is 1. The molecule has 26 heavy (non-hydrogen) atoms. The van der Waals surface area contributed by atoms with Crippen LogP contribution in [0.3, 0.4) is 0 Å². The van der Waals surface area contributed by atoms with E-state index in [2.05, 4.69) is 20.6 Å². The first-order valence-corrected chi connectivity index (χ1v) is 8.15. The van der Waals surface area contributed by atoms with Gasteiger partial charge in [0.15, 0.2) is 0 Å². The highest BCUT2D eigenvalue weighted by Gasteiger charge is 2.14. The number of benzene rings is 1. The van der Waals surface area contributed by atoms with Gasteiger partial charge in [0.25, 0.3) is 5.91 Å². The molecule has 7 nitrogen and oxygen atoms in total. The number of nitrogens with one attached hydrogen (secondary N) is 2. The SMILES string of the molecule is COc1ccccc1-c1cc(C(=O)NCc2cc3ccccn3n2)[nH]n1. The van der Waals surface area contributed by atoms with Gasteiger partial charge in [-0.25, -0.2) is 4.52 Å². The van der Waals surface area contributed by atoms with Crippen molar-refractivity contribution in [2.45, 2.75) is 6.54 Å². The minimum atomic E-state index is -0.240. The van der Waals surface area contributed by atoms with Crippen LogP contribution in [-0.4, -0.2) is 32.8 Å². The Morgan fingerprint density at radius 3 is 2.88 bits per heavy atom. The van der Waals surface area contributed by atoms with Gasteiger partial charge in [0.05, 0.1) is 30.6 Å². The van der Waals surface area contributed by atoms with Gasteiger partial charge in [-0.1, -0.05) is 18.2 Å². The Labute approximate surface area is 149 Å². The van der Waals surface area contributed by atoms with Crippen molar-refractivity contribution in [1.29, 1.82) is 0 Å². The highest BCUT2D eigenvalue weighted by molar-refractivity contribution is 5.93. The summed E-state index contributed by atoms with van der Waals surface area (Å²) in [6, 6.07) is 17.0. The van der Waals surface area contributed by atoms with Crippen molar-refractivity contribution in [3.63, 3.8) is 0 Å². The molecule has 130 valence electrons. The van der Waals surface area contributed by atoms with Crippen molar-refractivity contribution >= 4 is 11.4 Å². The average molecular weight is 347 g/mol. The molecule has 1 amide bonds. The number of para-hydroxylation sites is 1. The first kappa shape index (κ1) is 15.9. The summed E-state index contributed by atoms with van der Waals surface area (Å²) in [7, 11) is 1.61. The Hall–Kier alpha value is -3.61. The van der Waals surface area contributed by atoms with E-state index in [1.807, 2.05) is 54.7 Å². The number of hydrogen-bond acceptors (Lipinski definition) is 4. The summed E-state index contributed by atoms with van der Waals surface area (Å²) in [6.45, 7) is 0.337. The molecule has 0 aliphatic heterocycles. The first-order chi connectivity index (χ1) is 12.7. The summed E-state index contributed by atoms with van der Waals surface area (Å²) in [5.41, 5.74) is 3.63. The van der Waals surface area contributed by atoms with Crippen LogP contribution in [0, 0.1) is 0 Å². The summed E-state index contributed by atoms with van der Waals surface area (Å²) in [4.78, 5) is 12.4. The molecule has 0 saturated heterocycles. The minimum Gasteiger partial charge on any atom is -0.496 e. The summed E-state index contributed by atoms with van der Waals surface area (Å²) in [6.07, 6.45) is 1.87. The first-order valence-electron chi connectivity index (χ1n) is 8.15. The molecule has 0 atom stereocenters. The summed E-state index contributed by atoms with van der Waals surface area (Å²) < 4.78 is 7.11. The van der Waals surface area contributed by atoms with Gasteiger partial charge in [-0.05, 0) is 36.4 Å². The van der Waals surface area contributed by atoms with E-state index >= 15 is 0 Å². The standard InChI is InChI=1S/C19H17N5O2/c1-26-18-8-3-2-7-15(18)16-11-17(22-21-16)19(25)20-12-13-10-14-6-4-5-9-24(14)23-13/h2-11H,12H2,1H3,(H,20,25)(H,21,22). The van der Waals surface area contributed by atoms with Gasteiger partial charge in [-0.3, -0.25) is 9.89 Å². The van der Waals surface area contributed by atoms with Crippen molar-refractivity contribution in [1.82, 2.24) is 25.1 Å². The van der Waals surface area contributed by atoms with Crippen LogP contribution in [0.15, 0.2) is 60.8 Å². The molecule has 1 aromatic carbocycles. The zero-order chi connectivity index (χ0) is 17.9. The zero-order valence-electron chi connectivity index (χ0n) is 14.1. The molecular weight excluding hydrogens is 330 g/mol. The Balaban J connectivity index is 1.48. The topological polar surface area (TPSA) is 84.3 Å². The maximum atomic E-state index is 12.4. The molecule has 0 aliphatic carbocycles. The zero-order valence-corrected chi connectivity index (χ0v) is 14.1. The molecule has 0 aliphatic rings. The second kappa shape index (κ2) is 6.72. The molecule has 0 unspecified atom stereocenters. The van der Waals surface area contributed by atoms with Gasteiger partial charge in [-0.2, -0.15) is 10.2 Å². The maximum Gasteiger partial charge on any atom is 0.269 e. The highest BCUT2D eigenvalue weighted by Crippen LogP contribution is 2.28. The lowest BCUT2D eigenvalue weighted by Gasteiger charge is -2.04. The van der Waals surface area contributed by atoms with Crippen LogP contribution in [0.2, 0.25) is 0 Å². The van der Waals surface area contributed by atoms with Crippen molar-refractivity contribution in [3.8, 4) is 17.0 Å². The second-order valence-corrected chi connectivity index (χ2v) is 5.76. The number of amides is 1. The van der Waals surface area contributed by atoms with Crippen molar-refractivity contribution in [3.05, 3.63) is 72.2 Å². The lowest BCUT2D eigenvalue weighted by molar-refractivity contribution is 0.0945. The molecule has 0 saturated carbocycles. The van der Waals surface area contributed by atoms with E-state index in [1.54, 1.807) is 17.7 Å². The van der Waals surface area contributed by atoms with E-state index < -0.39 is 0 Å². The number of aromatic amines is 1. The third kappa shape index (κ3) is 3.02. The molecule has 7 heteroatoms. The lowest BCUT2D eigenvalue weighted by atomic mass is 10.1. The number of rotatable bonds is 5. The monoisotopic (exact) mass is 347 g/mol. The van der Waals surface area contributed by atoms with E-state index in [0.29, 0.717) is 23.7 Å². The van der Waals surface area contributed by atoms with E-state index in [9.17, 15) is 4.79 Å². The molecule has 3 heterocycles. The Bertz CT molecular complexity index is 1030. The predicted molar refractivity (Wildman–Crippen MR) is 96.9 cm³/mol. The van der Waals surface area contributed by atoms with E-state index in [0.717, 1.165) is 16.8 Å². The number of aromatic nitrogens is 4. The molecule has 4 aromatic rings. The van der Waals surface area contributed by atoms with Gasteiger partial charge in [0.1, 0.15) is 11.4 Å². The lowest BCUT2D eigenvalue weighted by Crippen LogP contribution is -2.23. The Kier molecular flexibility index (Phi) is 4.10. The van der Waals surface area contributed by atoms with Gasteiger partial charge < -0.3 is 10.1 Å². The summed E-state index contributed by atoms with van der Waals surface area (Å²) in [5, 5.41) is 14.3. The highest BCUT2D eigenvalue weighted by atomic mass is 16.5. The van der Waals surface area contributed by atoms with Crippen LogP contribution in [0.5, 0.6) is 5.75 Å². The second-order valence-electron chi connectivity index (χ2n) is 5.76. The van der Waals surface area contributed by atoms with E-state index in [1.165, 1.54) is 0 Å². The quantitative estimate of drug-likeness (QED) is 0.581. The number of pyridine rings is 1. The minimum absolute atomic E-state index is 0.240. The fourth-order valence-corrected chi connectivity index (χ4v) is 2.78. The fraction of sp³-hybridized carbons (Fsp3) is 0.105. The summed E-state index contributed by atoms with van der Waals surface area (Å²) >= 11 is 0. The van der Waals surface area contributed by atoms with Crippen molar-refractivity contribution in [2.24, 2.45) is 0 Å². The third-order valence-corrected chi connectivity index (χ3v) is 4.06. The van der Waals surface area contributed by atoms with E-state index in [4.69, 9.17) is 4.74 Å². The molecule has 0 fully saturated rings. The molecule has 2 N–H and O–H groups in total. The van der Waals surface area contributed by atoms with Gasteiger partial charge >= 0.3 is 0 Å². The third-order valence-electron chi connectivity index (χ3n) is 4.06. The van der Waals surface area contributed by atoms with Crippen molar-refractivity contribution in [2.75, 3.05) is 7.11 Å². The van der Waals surface area contributed by atoms with Crippen LogP contribution in [-0.2, 0) is 6.54 Å². The molecule has 0 spiro atoms. The largest absolute Gasteiger partial charge is 0.496 e. The number of carbonyl (C=O) groups excluding carboxylic acids is 1. The number of carbonyl (C=O) groups is 1. The number of hydrogen-bond donors (Lipinski definition) is 2. The van der Waals surface area contributed by atoms with E-state index in [-0.39, 0.29) is 5.91 Å². The number of fused-ring (bicyclic) bond motifs is 1. The van der Waals surface area contributed by atoms with Crippen LogP contribution in [0.1, 0.15) is 16.2 Å². The van der Waals surface area contributed by atoms with Crippen molar-refractivity contribution < 1.29 is 9.53 Å². The molecule has 0 bridgehead atoms. The molecule has 4 rings (SSSR count). The maximum absolute atomic E-state index is 12.4. The van der Waals surface area contributed by atoms with Crippen LogP contribution in [0.25, 0.3) is 16.8 Å². The normalized spacial score (nSPS) is 10.8. The Morgan fingerprint density at radius 2 is 2.04 bits per heavy atom. The smallest absolute Gasteiger partial charge is 0.269 e. The number of methoxy groups -OCH3 is 1. The molecular formula is C19H17N5O2. The molecule has 3 aromatic heterocycles. The number of H-pyrrole nitrogens is 1. The Morgan fingerprint density at radius 1 is 1.19 bits per heavy atom. The van der Waals surface area contributed by atoms with Crippen LogP contribution in [0.4, 0.5) is 0 Å². The van der Waals surface area contributed by atoms with Crippen LogP contribution >= 0.6 is 0 Å². The van der Waals surface area contributed by atoms with Gasteiger partial charge in [-0.15, -0.1) is 0 Å². The fourth-order valence-electron chi connectivity index (χ4n) is 2.78. The average Bonchev–Trinajstić information content (AvgIpc) is 3.33. The molecule has 0 radical (unpaired) electrons. The van der Waals surface area contributed by atoms with Gasteiger partial charge in [0.2, 0.25) is 0 Å². The van der Waals surface area contributed by atoms with Gasteiger partial charge in [0, 0.05) is 11.8 Å².